The van der Waals surface area contributed by atoms with E-state index in [-0.39, 0.29) is 6.79 Å². The van der Waals surface area contributed by atoms with Gasteiger partial charge < -0.3 is 23.7 Å². The highest BCUT2D eigenvalue weighted by Gasteiger charge is 2.23. The maximum atomic E-state index is 6.69. The molecule has 0 unspecified atom stereocenters. The molecule has 1 aliphatic rings. The second kappa shape index (κ2) is 6.99. The Labute approximate surface area is 168 Å². The highest BCUT2D eigenvalue weighted by Crippen LogP contribution is 2.48. The zero-order valence-corrected chi connectivity index (χ0v) is 17.2. The molecule has 3 aromatic carbocycles. The van der Waals surface area contributed by atoms with Crippen molar-refractivity contribution in [3.8, 4) is 39.9 Å². The van der Waals surface area contributed by atoms with E-state index in [1.54, 1.807) is 21.3 Å². The largest absolute Gasteiger partial charge is 0.493 e. The smallest absolute Gasteiger partial charge is 0.231 e. The minimum absolute atomic E-state index is 0.209. The van der Waals surface area contributed by atoms with Gasteiger partial charge in [-0.05, 0) is 65.8 Å². The monoisotopic (exact) mass is 400 g/mol. The van der Waals surface area contributed by atoms with Crippen LogP contribution in [0.1, 0.15) is 11.1 Å². The first-order valence-corrected chi connectivity index (χ1v) is 9.20. The van der Waals surface area contributed by atoms with E-state index in [1.165, 1.54) is 0 Å². The third kappa shape index (κ3) is 2.69. The molecule has 0 saturated carbocycles. The van der Waals surface area contributed by atoms with E-state index in [0.717, 1.165) is 33.0 Å². The van der Waals surface area contributed by atoms with Crippen molar-refractivity contribution >= 4 is 22.4 Å². The van der Waals surface area contributed by atoms with Crippen LogP contribution in [0.3, 0.4) is 0 Å². The van der Waals surface area contributed by atoms with Gasteiger partial charge in [0.05, 0.1) is 26.4 Å². The van der Waals surface area contributed by atoms with Crippen molar-refractivity contribution in [3.05, 3.63) is 40.4 Å². The van der Waals surface area contributed by atoms with Crippen LogP contribution in [0.25, 0.3) is 21.9 Å². The Hall–Kier alpha value is -2.79. The van der Waals surface area contributed by atoms with Crippen molar-refractivity contribution in [3.63, 3.8) is 0 Å². The molecule has 5 nitrogen and oxygen atoms in total. The number of ether oxygens (including phenoxy) is 5. The van der Waals surface area contributed by atoms with Crippen molar-refractivity contribution in [2.75, 3.05) is 28.1 Å². The lowest BCUT2D eigenvalue weighted by Gasteiger charge is -2.19. The fourth-order valence-corrected chi connectivity index (χ4v) is 3.98. The van der Waals surface area contributed by atoms with Crippen molar-refractivity contribution < 1.29 is 23.7 Å². The van der Waals surface area contributed by atoms with Gasteiger partial charge in [-0.25, -0.2) is 0 Å². The Balaban J connectivity index is 2.09. The molecule has 3 aromatic rings. The van der Waals surface area contributed by atoms with Gasteiger partial charge in [0.2, 0.25) is 12.5 Å². The van der Waals surface area contributed by atoms with Crippen molar-refractivity contribution in [1.82, 2.24) is 0 Å². The van der Waals surface area contributed by atoms with Crippen molar-refractivity contribution in [1.29, 1.82) is 0 Å². The lowest BCUT2D eigenvalue weighted by molar-refractivity contribution is 0.174. The molecule has 28 heavy (non-hydrogen) atoms. The number of hydrogen-bond acceptors (Lipinski definition) is 5. The van der Waals surface area contributed by atoms with Gasteiger partial charge in [-0.2, -0.15) is 0 Å². The van der Waals surface area contributed by atoms with Gasteiger partial charge >= 0.3 is 0 Å². The predicted molar refractivity (Wildman–Crippen MR) is 110 cm³/mol. The molecule has 4 rings (SSSR count). The molecule has 0 aliphatic carbocycles. The lowest BCUT2D eigenvalue weighted by Crippen LogP contribution is -1.98. The summed E-state index contributed by atoms with van der Waals surface area (Å²) in [6.45, 7) is 4.29. The fraction of sp³-hybridized carbons (Fsp3) is 0.273. The maximum absolute atomic E-state index is 6.69. The molecule has 0 bridgehead atoms. The second-order valence-corrected chi connectivity index (χ2v) is 6.98. The van der Waals surface area contributed by atoms with Crippen LogP contribution in [0, 0.1) is 13.8 Å². The van der Waals surface area contributed by atoms with Gasteiger partial charge in [-0.15, -0.1) is 0 Å². The van der Waals surface area contributed by atoms with Gasteiger partial charge in [0.1, 0.15) is 0 Å². The minimum Gasteiger partial charge on any atom is -0.493 e. The zero-order chi connectivity index (χ0) is 20.0. The van der Waals surface area contributed by atoms with Crippen molar-refractivity contribution in [2.24, 2.45) is 0 Å². The molecule has 0 radical (unpaired) electrons. The van der Waals surface area contributed by atoms with Crippen LogP contribution < -0.4 is 23.7 Å². The molecular weight excluding hydrogens is 380 g/mol. The predicted octanol–water partition coefficient (Wildman–Crippen LogP) is 5.53. The van der Waals surface area contributed by atoms with E-state index < -0.39 is 0 Å². The van der Waals surface area contributed by atoms with Gasteiger partial charge in [0.25, 0.3) is 0 Å². The topological polar surface area (TPSA) is 46.2 Å². The van der Waals surface area contributed by atoms with Gasteiger partial charge in [-0.1, -0.05) is 11.6 Å². The van der Waals surface area contributed by atoms with Crippen LogP contribution in [-0.4, -0.2) is 28.1 Å². The molecule has 0 spiro atoms. The first kappa shape index (κ1) is 18.6. The molecule has 0 atom stereocenters. The number of halogens is 1. The molecule has 1 aliphatic heterocycles. The van der Waals surface area contributed by atoms with E-state index in [2.05, 4.69) is 6.92 Å². The van der Waals surface area contributed by atoms with E-state index in [0.29, 0.717) is 33.8 Å². The number of methoxy groups -OCH3 is 3. The minimum atomic E-state index is 0.209. The van der Waals surface area contributed by atoms with Crippen LogP contribution in [0.15, 0.2) is 24.3 Å². The summed E-state index contributed by atoms with van der Waals surface area (Å²) in [6, 6.07) is 7.81. The van der Waals surface area contributed by atoms with E-state index in [1.807, 2.05) is 31.2 Å². The standard InChI is InChI=1S/C22H21ClO5/c1-11-12(2)21(23)15-9-17-16(27-10-28-17)8-14(15)20(11)13-6-18(24-3)22(26-5)19(7-13)25-4/h6-9H,10H2,1-5H3. The molecule has 6 heteroatoms. The van der Waals surface area contributed by atoms with Crippen LogP contribution in [0.5, 0.6) is 28.7 Å². The second-order valence-electron chi connectivity index (χ2n) is 6.60. The molecule has 146 valence electrons. The molecule has 0 amide bonds. The summed E-state index contributed by atoms with van der Waals surface area (Å²) in [5.74, 6) is 3.16. The lowest BCUT2D eigenvalue weighted by atomic mass is 9.90. The first-order chi connectivity index (χ1) is 13.5. The highest BCUT2D eigenvalue weighted by molar-refractivity contribution is 6.37. The van der Waals surface area contributed by atoms with E-state index in [4.69, 9.17) is 35.3 Å². The van der Waals surface area contributed by atoms with Crippen LogP contribution >= 0.6 is 11.6 Å². The van der Waals surface area contributed by atoms with Crippen LogP contribution in [0.2, 0.25) is 5.02 Å². The molecule has 0 fully saturated rings. The Morgan fingerprint density at radius 2 is 1.36 bits per heavy atom. The highest BCUT2D eigenvalue weighted by atomic mass is 35.5. The average molecular weight is 401 g/mol. The summed E-state index contributed by atoms with van der Waals surface area (Å²) < 4.78 is 27.7. The number of benzene rings is 3. The molecule has 1 heterocycles. The van der Waals surface area contributed by atoms with Gasteiger partial charge in [0.15, 0.2) is 23.0 Å². The summed E-state index contributed by atoms with van der Waals surface area (Å²) in [5.41, 5.74) is 4.06. The van der Waals surface area contributed by atoms with Gasteiger partial charge in [-0.3, -0.25) is 0 Å². The van der Waals surface area contributed by atoms with Crippen LogP contribution in [0.4, 0.5) is 0 Å². The summed E-state index contributed by atoms with van der Waals surface area (Å²) in [4.78, 5) is 0. The SMILES string of the molecule is COc1cc(-c2c(C)c(C)c(Cl)c3cc4c(cc23)OCO4)cc(OC)c1OC. The Kier molecular flexibility index (Phi) is 4.63. The van der Waals surface area contributed by atoms with E-state index >= 15 is 0 Å². The molecule has 0 saturated heterocycles. The number of rotatable bonds is 4. The number of hydrogen-bond donors (Lipinski definition) is 0. The summed E-state index contributed by atoms with van der Waals surface area (Å²) in [6.07, 6.45) is 0. The third-order valence-electron chi connectivity index (χ3n) is 5.24. The maximum Gasteiger partial charge on any atom is 0.231 e. The normalized spacial score (nSPS) is 12.4. The summed E-state index contributed by atoms with van der Waals surface area (Å²) in [5, 5.41) is 2.60. The Bertz CT molecular complexity index is 1070. The zero-order valence-electron chi connectivity index (χ0n) is 16.4. The Morgan fingerprint density at radius 3 is 1.89 bits per heavy atom. The third-order valence-corrected chi connectivity index (χ3v) is 5.73. The Morgan fingerprint density at radius 1 is 0.786 bits per heavy atom. The van der Waals surface area contributed by atoms with E-state index in [9.17, 15) is 0 Å². The average Bonchev–Trinajstić information content (AvgIpc) is 3.17. The fourth-order valence-electron chi connectivity index (χ4n) is 3.68. The quantitative estimate of drug-likeness (QED) is 0.576. The summed E-state index contributed by atoms with van der Waals surface area (Å²) in [7, 11) is 4.81. The first-order valence-electron chi connectivity index (χ1n) is 8.82. The van der Waals surface area contributed by atoms with Crippen molar-refractivity contribution in [2.45, 2.75) is 13.8 Å². The molecular formula is C22H21ClO5. The van der Waals surface area contributed by atoms with Crippen LogP contribution in [-0.2, 0) is 0 Å². The molecule has 0 aromatic heterocycles. The summed E-state index contributed by atoms with van der Waals surface area (Å²) >= 11 is 6.69. The van der Waals surface area contributed by atoms with Gasteiger partial charge in [0, 0.05) is 5.39 Å². The number of fused-ring (bicyclic) bond motifs is 2. The molecule has 0 N–H and O–H groups in total.